The Morgan fingerprint density at radius 3 is 2.95 bits per heavy atom. The predicted molar refractivity (Wildman–Crippen MR) is 87.9 cm³/mol. The van der Waals surface area contributed by atoms with Crippen LogP contribution in [0, 0.1) is 6.92 Å². The van der Waals surface area contributed by atoms with Crippen LogP contribution >= 0.6 is 0 Å². The van der Waals surface area contributed by atoms with Crippen LogP contribution in [0.5, 0.6) is 0 Å². The quantitative estimate of drug-likeness (QED) is 0.758. The maximum atomic E-state index is 9.70. The molecule has 0 spiro atoms. The van der Waals surface area contributed by atoms with Crippen molar-refractivity contribution >= 4 is 16.7 Å². The summed E-state index contributed by atoms with van der Waals surface area (Å²) >= 11 is 0. The van der Waals surface area contributed by atoms with Crippen molar-refractivity contribution in [1.82, 2.24) is 14.8 Å². The molecule has 0 radical (unpaired) electrons. The fraction of sp³-hybridized carbons (Fsp3) is 0.294. The Morgan fingerprint density at radius 2 is 2.18 bits per heavy atom. The molecule has 0 saturated carbocycles. The van der Waals surface area contributed by atoms with Crippen LogP contribution in [0.25, 0.3) is 11.0 Å². The molecule has 5 heteroatoms. The number of nitrogens with zero attached hydrogens (tertiary/aromatic N) is 3. The van der Waals surface area contributed by atoms with E-state index < -0.39 is 0 Å². The molecule has 3 aromatic rings. The van der Waals surface area contributed by atoms with Gasteiger partial charge in [-0.1, -0.05) is 29.8 Å². The Balaban J connectivity index is 1.82. The van der Waals surface area contributed by atoms with Gasteiger partial charge in [0.25, 0.3) is 0 Å². The zero-order valence-corrected chi connectivity index (χ0v) is 12.8. The molecule has 2 aromatic heterocycles. The van der Waals surface area contributed by atoms with Gasteiger partial charge >= 0.3 is 0 Å². The molecule has 0 aliphatic heterocycles. The topological polar surface area (TPSA) is 63.0 Å². The van der Waals surface area contributed by atoms with E-state index in [1.54, 1.807) is 17.1 Å². The van der Waals surface area contributed by atoms with E-state index in [-0.39, 0.29) is 12.6 Å². The minimum absolute atomic E-state index is 0.0485. The summed E-state index contributed by atoms with van der Waals surface area (Å²) in [5, 5.41) is 18.3. The third-order valence-corrected chi connectivity index (χ3v) is 3.78. The Morgan fingerprint density at radius 1 is 1.32 bits per heavy atom. The number of hydrogen-bond donors (Lipinski definition) is 2. The number of hydrogen-bond acceptors (Lipinski definition) is 4. The van der Waals surface area contributed by atoms with Crippen molar-refractivity contribution in [3.63, 3.8) is 0 Å². The van der Waals surface area contributed by atoms with E-state index in [9.17, 15) is 5.11 Å². The lowest BCUT2D eigenvalue weighted by molar-refractivity contribution is 0.274. The zero-order valence-electron chi connectivity index (χ0n) is 12.8. The smallest absolute Gasteiger partial charge is 0.159 e. The standard InChI is InChI=1S/C17H20N4O/c1-12-4-3-5-13(8-12)9-14(11-22)20-16-6-7-18-17-15(16)10-19-21(17)2/h3-8,10,14,22H,9,11H2,1-2H3,(H,18,20)/t14-/m0/s1. The van der Waals surface area contributed by atoms with E-state index in [1.165, 1.54) is 11.1 Å². The van der Waals surface area contributed by atoms with Crippen molar-refractivity contribution in [2.75, 3.05) is 11.9 Å². The monoisotopic (exact) mass is 296 g/mol. The summed E-state index contributed by atoms with van der Waals surface area (Å²) in [4.78, 5) is 4.33. The highest BCUT2D eigenvalue weighted by Gasteiger charge is 2.12. The van der Waals surface area contributed by atoms with E-state index in [2.05, 4.69) is 40.5 Å². The fourth-order valence-corrected chi connectivity index (χ4v) is 2.68. The lowest BCUT2D eigenvalue weighted by atomic mass is 10.0. The number of anilines is 1. The predicted octanol–water partition coefficient (Wildman–Crippen LogP) is 2.29. The number of aliphatic hydroxyl groups excluding tert-OH is 1. The number of nitrogens with one attached hydrogen (secondary N) is 1. The highest BCUT2D eigenvalue weighted by molar-refractivity contribution is 5.88. The summed E-state index contributed by atoms with van der Waals surface area (Å²) in [5.74, 6) is 0. The van der Waals surface area contributed by atoms with Gasteiger partial charge in [0.15, 0.2) is 5.65 Å². The van der Waals surface area contributed by atoms with Gasteiger partial charge in [0, 0.05) is 18.9 Å². The van der Waals surface area contributed by atoms with Crippen LogP contribution in [-0.4, -0.2) is 32.5 Å². The normalized spacial score (nSPS) is 12.5. The van der Waals surface area contributed by atoms with Crippen molar-refractivity contribution in [2.24, 2.45) is 7.05 Å². The molecule has 2 N–H and O–H groups in total. The average Bonchev–Trinajstić information content (AvgIpc) is 2.89. The first-order valence-electron chi connectivity index (χ1n) is 7.37. The van der Waals surface area contributed by atoms with Crippen molar-refractivity contribution < 1.29 is 5.11 Å². The highest BCUT2D eigenvalue weighted by atomic mass is 16.3. The van der Waals surface area contributed by atoms with Gasteiger partial charge in [-0.15, -0.1) is 0 Å². The van der Waals surface area contributed by atoms with E-state index in [4.69, 9.17) is 0 Å². The molecular formula is C17H20N4O. The molecular weight excluding hydrogens is 276 g/mol. The number of aliphatic hydroxyl groups is 1. The second-order valence-corrected chi connectivity index (χ2v) is 5.58. The number of fused-ring (bicyclic) bond motifs is 1. The molecule has 0 aliphatic carbocycles. The molecule has 0 amide bonds. The molecule has 22 heavy (non-hydrogen) atoms. The molecule has 2 heterocycles. The summed E-state index contributed by atoms with van der Waals surface area (Å²) < 4.78 is 1.75. The van der Waals surface area contributed by atoms with E-state index in [0.717, 1.165) is 23.1 Å². The SMILES string of the molecule is Cc1cccc(C[C@@H](CO)Nc2ccnc3c2cnn3C)c1. The molecule has 1 aromatic carbocycles. The fourth-order valence-electron chi connectivity index (χ4n) is 2.68. The molecule has 0 bridgehead atoms. The van der Waals surface area contributed by atoms with Gasteiger partial charge in [0.05, 0.1) is 24.2 Å². The third-order valence-electron chi connectivity index (χ3n) is 3.78. The Labute approximate surface area is 129 Å². The molecule has 0 unspecified atom stereocenters. The largest absolute Gasteiger partial charge is 0.394 e. The average molecular weight is 296 g/mol. The van der Waals surface area contributed by atoms with Gasteiger partial charge < -0.3 is 10.4 Å². The van der Waals surface area contributed by atoms with Crippen molar-refractivity contribution in [1.29, 1.82) is 0 Å². The molecule has 114 valence electrons. The highest BCUT2D eigenvalue weighted by Crippen LogP contribution is 2.22. The van der Waals surface area contributed by atoms with Gasteiger partial charge in [0.2, 0.25) is 0 Å². The van der Waals surface area contributed by atoms with Crippen molar-refractivity contribution in [2.45, 2.75) is 19.4 Å². The van der Waals surface area contributed by atoms with E-state index in [1.807, 2.05) is 19.2 Å². The van der Waals surface area contributed by atoms with Crippen molar-refractivity contribution in [3.8, 4) is 0 Å². The first kappa shape index (κ1) is 14.5. The summed E-state index contributed by atoms with van der Waals surface area (Å²) in [6.07, 6.45) is 4.32. The van der Waals surface area contributed by atoms with Gasteiger partial charge in [-0.3, -0.25) is 4.68 Å². The Hall–Kier alpha value is -2.40. The van der Waals surface area contributed by atoms with Crippen molar-refractivity contribution in [3.05, 3.63) is 53.9 Å². The van der Waals surface area contributed by atoms with Crippen LogP contribution in [0.1, 0.15) is 11.1 Å². The summed E-state index contributed by atoms with van der Waals surface area (Å²) in [5.41, 5.74) is 4.22. The number of aryl methyl sites for hydroxylation is 2. The number of pyridine rings is 1. The zero-order chi connectivity index (χ0) is 15.5. The number of aromatic nitrogens is 3. The lowest BCUT2D eigenvalue weighted by Crippen LogP contribution is -2.26. The van der Waals surface area contributed by atoms with E-state index >= 15 is 0 Å². The molecule has 0 saturated heterocycles. The maximum absolute atomic E-state index is 9.70. The van der Waals surface area contributed by atoms with Crippen LogP contribution in [0.4, 0.5) is 5.69 Å². The number of benzene rings is 1. The second-order valence-electron chi connectivity index (χ2n) is 5.58. The molecule has 5 nitrogen and oxygen atoms in total. The molecule has 3 rings (SSSR count). The minimum atomic E-state index is -0.0485. The molecule has 0 aliphatic rings. The van der Waals surface area contributed by atoms with Gasteiger partial charge in [0.1, 0.15) is 0 Å². The van der Waals surface area contributed by atoms with Gasteiger partial charge in [-0.05, 0) is 25.0 Å². The van der Waals surface area contributed by atoms with Gasteiger partial charge in [-0.25, -0.2) is 4.98 Å². The Bertz CT molecular complexity index is 781. The van der Waals surface area contributed by atoms with Crippen LogP contribution < -0.4 is 5.32 Å². The van der Waals surface area contributed by atoms with E-state index in [0.29, 0.717) is 0 Å². The third kappa shape index (κ3) is 2.94. The van der Waals surface area contributed by atoms with Gasteiger partial charge in [-0.2, -0.15) is 5.10 Å². The number of rotatable bonds is 5. The van der Waals surface area contributed by atoms with Crippen LogP contribution in [-0.2, 0) is 13.5 Å². The maximum Gasteiger partial charge on any atom is 0.159 e. The minimum Gasteiger partial charge on any atom is -0.394 e. The van der Waals surface area contributed by atoms with Crippen LogP contribution in [0.15, 0.2) is 42.7 Å². The Kier molecular flexibility index (Phi) is 4.06. The summed E-state index contributed by atoms with van der Waals surface area (Å²) in [7, 11) is 1.87. The molecule has 0 fully saturated rings. The van der Waals surface area contributed by atoms with Crippen LogP contribution in [0.2, 0.25) is 0 Å². The lowest BCUT2D eigenvalue weighted by Gasteiger charge is -2.18. The second kappa shape index (κ2) is 6.15. The summed E-state index contributed by atoms with van der Waals surface area (Å²) in [6.45, 7) is 2.14. The molecule has 1 atom stereocenters. The first-order chi connectivity index (χ1) is 10.7. The summed E-state index contributed by atoms with van der Waals surface area (Å²) in [6, 6.07) is 10.2. The first-order valence-corrected chi connectivity index (χ1v) is 7.37. The van der Waals surface area contributed by atoms with Crippen LogP contribution in [0.3, 0.4) is 0 Å².